The van der Waals surface area contributed by atoms with Gasteiger partial charge in [0.05, 0.1) is 5.69 Å². The number of aryl methyl sites for hydroxylation is 1. The molecule has 0 aliphatic carbocycles. The molecule has 0 spiro atoms. The van der Waals surface area contributed by atoms with Crippen LogP contribution in [0.2, 0.25) is 0 Å². The molecule has 0 radical (unpaired) electrons. The SMILES string of the molecule is CCc1csc(SC[C@H](NC(C)=O)C(=O)O)n1. The molecule has 1 amide bonds. The lowest BCUT2D eigenvalue weighted by Crippen LogP contribution is -2.41. The monoisotopic (exact) mass is 274 g/mol. The van der Waals surface area contributed by atoms with E-state index in [0.29, 0.717) is 0 Å². The average Bonchev–Trinajstić information content (AvgIpc) is 2.71. The Bertz CT molecular complexity index is 406. The van der Waals surface area contributed by atoms with Gasteiger partial charge in [-0.1, -0.05) is 18.7 Å². The zero-order valence-corrected chi connectivity index (χ0v) is 11.2. The number of thiazole rings is 1. The van der Waals surface area contributed by atoms with Crippen molar-refractivity contribution in [2.24, 2.45) is 0 Å². The number of nitrogens with zero attached hydrogens (tertiary/aromatic N) is 1. The Morgan fingerprint density at radius 3 is 2.82 bits per heavy atom. The van der Waals surface area contributed by atoms with Gasteiger partial charge in [0.2, 0.25) is 5.91 Å². The average molecular weight is 274 g/mol. The zero-order valence-electron chi connectivity index (χ0n) is 9.60. The molecule has 0 saturated heterocycles. The molecule has 0 fully saturated rings. The van der Waals surface area contributed by atoms with E-state index < -0.39 is 12.0 Å². The highest BCUT2D eigenvalue weighted by atomic mass is 32.2. The highest BCUT2D eigenvalue weighted by molar-refractivity contribution is 8.01. The van der Waals surface area contributed by atoms with Crippen molar-refractivity contribution in [2.75, 3.05) is 5.75 Å². The maximum Gasteiger partial charge on any atom is 0.327 e. The number of hydrogen-bond acceptors (Lipinski definition) is 5. The quantitative estimate of drug-likeness (QED) is 0.766. The van der Waals surface area contributed by atoms with Gasteiger partial charge in [0, 0.05) is 18.1 Å². The lowest BCUT2D eigenvalue weighted by Gasteiger charge is -2.11. The van der Waals surface area contributed by atoms with E-state index in [9.17, 15) is 9.59 Å². The van der Waals surface area contributed by atoms with Gasteiger partial charge in [-0.2, -0.15) is 0 Å². The summed E-state index contributed by atoms with van der Waals surface area (Å²) in [6.45, 7) is 3.32. The fourth-order valence-electron chi connectivity index (χ4n) is 1.09. The van der Waals surface area contributed by atoms with Crippen molar-refractivity contribution in [3.8, 4) is 0 Å². The molecule has 1 rings (SSSR count). The second-order valence-corrected chi connectivity index (χ2v) is 5.49. The molecule has 2 N–H and O–H groups in total. The van der Waals surface area contributed by atoms with Crippen LogP contribution in [0.4, 0.5) is 0 Å². The topological polar surface area (TPSA) is 79.3 Å². The minimum atomic E-state index is -1.03. The summed E-state index contributed by atoms with van der Waals surface area (Å²) >= 11 is 2.84. The van der Waals surface area contributed by atoms with Crippen LogP contribution < -0.4 is 5.32 Å². The number of hydrogen-bond donors (Lipinski definition) is 2. The minimum Gasteiger partial charge on any atom is -0.480 e. The molecule has 1 atom stereocenters. The number of carbonyl (C=O) groups excluding carboxylic acids is 1. The largest absolute Gasteiger partial charge is 0.480 e. The van der Waals surface area contributed by atoms with Gasteiger partial charge < -0.3 is 10.4 Å². The third-order valence-electron chi connectivity index (χ3n) is 1.94. The molecule has 0 unspecified atom stereocenters. The van der Waals surface area contributed by atoms with Crippen LogP contribution in [0, 0.1) is 0 Å². The third kappa shape index (κ3) is 4.74. The number of carbonyl (C=O) groups is 2. The van der Waals surface area contributed by atoms with Crippen LogP contribution in [0.5, 0.6) is 0 Å². The van der Waals surface area contributed by atoms with Gasteiger partial charge in [-0.05, 0) is 6.42 Å². The first kappa shape index (κ1) is 14.0. The van der Waals surface area contributed by atoms with Crippen LogP contribution >= 0.6 is 23.1 Å². The maximum atomic E-state index is 10.9. The van der Waals surface area contributed by atoms with Crippen LogP contribution in [-0.4, -0.2) is 33.8 Å². The van der Waals surface area contributed by atoms with Crippen molar-refractivity contribution in [1.29, 1.82) is 0 Å². The van der Waals surface area contributed by atoms with E-state index in [1.165, 1.54) is 30.0 Å². The molecule has 1 heterocycles. The number of carboxylic acid groups (broad SMARTS) is 1. The fraction of sp³-hybridized carbons (Fsp3) is 0.500. The van der Waals surface area contributed by atoms with E-state index in [2.05, 4.69) is 10.3 Å². The molecule has 5 nitrogen and oxygen atoms in total. The van der Waals surface area contributed by atoms with Crippen molar-refractivity contribution in [3.63, 3.8) is 0 Å². The molecule has 17 heavy (non-hydrogen) atoms. The summed E-state index contributed by atoms with van der Waals surface area (Å²) in [5, 5.41) is 13.2. The first-order chi connectivity index (χ1) is 8.02. The molecule has 7 heteroatoms. The van der Waals surface area contributed by atoms with Crippen molar-refractivity contribution < 1.29 is 14.7 Å². The summed E-state index contributed by atoms with van der Waals surface area (Å²) in [4.78, 5) is 26.0. The Morgan fingerprint density at radius 1 is 1.65 bits per heavy atom. The molecule has 1 aromatic rings. The standard InChI is InChI=1S/C10H14N2O3S2/c1-3-7-4-16-10(12-7)17-5-8(9(14)15)11-6(2)13/h4,8H,3,5H2,1-2H3,(H,11,13)(H,14,15)/t8-/m0/s1. The van der Waals surface area contributed by atoms with Gasteiger partial charge in [0.1, 0.15) is 10.4 Å². The summed E-state index contributed by atoms with van der Waals surface area (Å²) < 4.78 is 0.832. The number of thioether (sulfide) groups is 1. The number of amides is 1. The maximum absolute atomic E-state index is 10.9. The Hall–Kier alpha value is -1.08. The van der Waals surface area contributed by atoms with Gasteiger partial charge in [-0.3, -0.25) is 4.79 Å². The lowest BCUT2D eigenvalue weighted by atomic mass is 10.3. The van der Waals surface area contributed by atoms with Crippen molar-refractivity contribution in [3.05, 3.63) is 11.1 Å². The molecular formula is C10H14N2O3S2. The van der Waals surface area contributed by atoms with Gasteiger partial charge in [-0.15, -0.1) is 11.3 Å². The number of carboxylic acids is 1. The third-order valence-corrected chi connectivity index (χ3v) is 4.11. The summed E-state index contributed by atoms with van der Waals surface area (Å²) in [5.74, 6) is -1.09. The van der Waals surface area contributed by atoms with Crippen LogP contribution in [-0.2, 0) is 16.0 Å². The van der Waals surface area contributed by atoms with Crippen LogP contribution in [0.15, 0.2) is 9.72 Å². The first-order valence-corrected chi connectivity index (χ1v) is 6.96. The van der Waals surface area contributed by atoms with Crippen molar-refractivity contribution >= 4 is 35.0 Å². The Kier molecular flexibility index (Phi) is 5.43. The van der Waals surface area contributed by atoms with E-state index in [-0.39, 0.29) is 11.7 Å². The Balaban J connectivity index is 2.51. The van der Waals surface area contributed by atoms with E-state index in [1.54, 1.807) is 0 Å². The summed E-state index contributed by atoms with van der Waals surface area (Å²) in [6, 6.07) is -0.869. The number of nitrogens with one attached hydrogen (secondary N) is 1. The molecule has 1 aromatic heterocycles. The van der Waals surface area contributed by atoms with Gasteiger partial charge in [0.25, 0.3) is 0 Å². The lowest BCUT2D eigenvalue weighted by molar-refractivity contribution is -0.140. The van der Waals surface area contributed by atoms with Gasteiger partial charge >= 0.3 is 5.97 Å². The van der Waals surface area contributed by atoms with E-state index in [0.717, 1.165) is 16.5 Å². The Morgan fingerprint density at radius 2 is 2.35 bits per heavy atom. The Labute approximate surface area is 108 Å². The highest BCUT2D eigenvalue weighted by Gasteiger charge is 2.19. The van der Waals surface area contributed by atoms with Crippen LogP contribution in [0.1, 0.15) is 19.5 Å². The fourth-order valence-corrected chi connectivity index (χ4v) is 3.06. The number of aromatic nitrogens is 1. The second-order valence-electron chi connectivity index (χ2n) is 3.36. The van der Waals surface area contributed by atoms with Gasteiger partial charge in [0.15, 0.2) is 0 Å². The van der Waals surface area contributed by atoms with Crippen LogP contribution in [0.25, 0.3) is 0 Å². The van der Waals surface area contributed by atoms with Gasteiger partial charge in [-0.25, -0.2) is 9.78 Å². The predicted octanol–water partition coefficient (Wildman–Crippen LogP) is 1.39. The second kappa shape index (κ2) is 6.61. The molecule has 0 aliphatic rings. The molecular weight excluding hydrogens is 260 g/mol. The summed E-state index contributed by atoms with van der Waals surface area (Å²) in [5.41, 5.74) is 1.00. The van der Waals surface area contributed by atoms with Crippen molar-refractivity contribution in [2.45, 2.75) is 30.6 Å². The molecule has 0 aromatic carbocycles. The van der Waals surface area contributed by atoms with Crippen LogP contribution in [0.3, 0.4) is 0 Å². The normalized spacial score (nSPS) is 12.1. The zero-order chi connectivity index (χ0) is 12.8. The molecule has 94 valence electrons. The van der Waals surface area contributed by atoms with Crippen molar-refractivity contribution in [1.82, 2.24) is 10.3 Å². The van der Waals surface area contributed by atoms with E-state index in [1.807, 2.05) is 12.3 Å². The first-order valence-electron chi connectivity index (χ1n) is 5.10. The predicted molar refractivity (Wildman–Crippen MR) is 67.5 cm³/mol. The van der Waals surface area contributed by atoms with E-state index in [4.69, 9.17) is 5.11 Å². The molecule has 0 saturated carbocycles. The summed E-state index contributed by atoms with van der Waals surface area (Å²) in [7, 11) is 0. The summed E-state index contributed by atoms with van der Waals surface area (Å²) in [6.07, 6.45) is 0.866. The molecule has 0 aliphatic heterocycles. The highest BCUT2D eigenvalue weighted by Crippen LogP contribution is 2.23. The smallest absolute Gasteiger partial charge is 0.327 e. The van der Waals surface area contributed by atoms with E-state index >= 15 is 0 Å². The number of rotatable bonds is 6. The molecule has 0 bridgehead atoms. The number of aliphatic carboxylic acids is 1. The minimum absolute atomic E-state index is 0.283.